The van der Waals surface area contributed by atoms with E-state index in [-0.39, 0.29) is 11.9 Å². The summed E-state index contributed by atoms with van der Waals surface area (Å²) in [6.45, 7) is 3.75. The molecule has 1 amide bonds. The quantitative estimate of drug-likeness (QED) is 0.907. The molecule has 19 heavy (non-hydrogen) atoms. The number of thiazole rings is 1. The highest BCUT2D eigenvalue weighted by Gasteiger charge is 2.14. The Bertz CT molecular complexity index is 571. The van der Waals surface area contributed by atoms with Crippen molar-refractivity contribution in [1.29, 1.82) is 0 Å². The fourth-order valence-electron chi connectivity index (χ4n) is 1.59. The summed E-state index contributed by atoms with van der Waals surface area (Å²) in [6, 6.07) is 5.16. The summed E-state index contributed by atoms with van der Waals surface area (Å²) >= 11 is 7.29. The Morgan fingerprint density at radius 1 is 1.47 bits per heavy atom. The first-order valence-electron chi connectivity index (χ1n) is 5.79. The van der Waals surface area contributed by atoms with Gasteiger partial charge in [0.1, 0.15) is 6.04 Å². The van der Waals surface area contributed by atoms with Gasteiger partial charge < -0.3 is 10.6 Å². The molecule has 1 aromatic carbocycles. The van der Waals surface area contributed by atoms with Gasteiger partial charge in [0.05, 0.1) is 0 Å². The van der Waals surface area contributed by atoms with Crippen molar-refractivity contribution in [2.45, 2.75) is 19.9 Å². The lowest BCUT2D eigenvalue weighted by Gasteiger charge is -2.16. The Hall–Kier alpha value is -1.59. The first kappa shape index (κ1) is 13.8. The predicted octanol–water partition coefficient (Wildman–Crippen LogP) is 3.54. The van der Waals surface area contributed by atoms with E-state index in [1.54, 1.807) is 19.2 Å². The van der Waals surface area contributed by atoms with Crippen molar-refractivity contribution in [3.8, 4) is 0 Å². The second kappa shape index (κ2) is 6.04. The molecule has 0 fully saturated rings. The van der Waals surface area contributed by atoms with Crippen molar-refractivity contribution in [1.82, 2.24) is 4.98 Å². The third-order valence-electron chi connectivity index (χ3n) is 2.62. The standard InChI is InChI=1S/C13H14ClN3OS/c1-8-7-10(14)3-4-11(8)16-9(2)12(18)17-13-15-5-6-19-13/h3-7,9,16H,1-2H3,(H,15,17,18)/t9-/m0/s1. The summed E-state index contributed by atoms with van der Waals surface area (Å²) in [6.07, 6.45) is 1.65. The van der Waals surface area contributed by atoms with Crippen molar-refractivity contribution in [2.24, 2.45) is 0 Å². The molecule has 0 saturated carbocycles. The van der Waals surface area contributed by atoms with Crippen molar-refractivity contribution in [3.05, 3.63) is 40.4 Å². The van der Waals surface area contributed by atoms with Crippen LogP contribution in [-0.4, -0.2) is 16.9 Å². The fourth-order valence-corrected chi connectivity index (χ4v) is 2.35. The lowest BCUT2D eigenvalue weighted by Crippen LogP contribution is -2.32. The van der Waals surface area contributed by atoms with E-state index >= 15 is 0 Å². The van der Waals surface area contributed by atoms with Gasteiger partial charge >= 0.3 is 0 Å². The van der Waals surface area contributed by atoms with Crippen LogP contribution in [0.4, 0.5) is 10.8 Å². The van der Waals surface area contributed by atoms with Crippen molar-refractivity contribution in [3.63, 3.8) is 0 Å². The molecular weight excluding hydrogens is 282 g/mol. The summed E-state index contributed by atoms with van der Waals surface area (Å²) in [7, 11) is 0. The van der Waals surface area contributed by atoms with Crippen LogP contribution in [0.25, 0.3) is 0 Å². The molecule has 2 rings (SSSR count). The zero-order chi connectivity index (χ0) is 13.8. The Morgan fingerprint density at radius 2 is 2.26 bits per heavy atom. The molecule has 6 heteroatoms. The number of nitrogens with zero attached hydrogens (tertiary/aromatic N) is 1. The molecule has 2 N–H and O–H groups in total. The molecule has 4 nitrogen and oxygen atoms in total. The average Bonchev–Trinajstić information content (AvgIpc) is 2.85. The average molecular weight is 296 g/mol. The Labute approximate surface area is 120 Å². The molecule has 0 aliphatic heterocycles. The summed E-state index contributed by atoms with van der Waals surface area (Å²) < 4.78 is 0. The van der Waals surface area contributed by atoms with Gasteiger partial charge in [-0.1, -0.05) is 11.6 Å². The first-order chi connectivity index (χ1) is 9.06. The lowest BCUT2D eigenvalue weighted by molar-refractivity contribution is -0.116. The molecule has 1 aromatic heterocycles. The van der Waals surface area contributed by atoms with E-state index in [2.05, 4.69) is 15.6 Å². The van der Waals surface area contributed by atoms with Gasteiger partial charge in [-0.05, 0) is 37.6 Å². The number of benzene rings is 1. The van der Waals surface area contributed by atoms with Gasteiger partial charge in [0.25, 0.3) is 0 Å². The number of nitrogens with one attached hydrogen (secondary N) is 2. The largest absolute Gasteiger partial charge is 0.374 e. The van der Waals surface area contributed by atoms with Crippen LogP contribution < -0.4 is 10.6 Å². The molecule has 0 aliphatic carbocycles. The van der Waals surface area contributed by atoms with Crippen LogP contribution in [0.5, 0.6) is 0 Å². The topological polar surface area (TPSA) is 54.0 Å². The minimum atomic E-state index is -0.358. The molecule has 0 bridgehead atoms. The zero-order valence-electron chi connectivity index (χ0n) is 10.6. The Balaban J connectivity index is 2.00. The van der Waals surface area contributed by atoms with Crippen LogP contribution >= 0.6 is 22.9 Å². The molecule has 1 heterocycles. The molecule has 0 spiro atoms. The van der Waals surface area contributed by atoms with Crippen molar-refractivity contribution >= 4 is 39.7 Å². The van der Waals surface area contributed by atoms with E-state index in [1.807, 2.05) is 24.4 Å². The van der Waals surface area contributed by atoms with Gasteiger partial charge in [0.15, 0.2) is 5.13 Å². The third kappa shape index (κ3) is 3.68. The van der Waals surface area contributed by atoms with Crippen LogP contribution in [-0.2, 0) is 4.79 Å². The van der Waals surface area contributed by atoms with Gasteiger partial charge in [0, 0.05) is 22.3 Å². The number of rotatable bonds is 4. The number of aromatic nitrogens is 1. The smallest absolute Gasteiger partial charge is 0.248 e. The monoisotopic (exact) mass is 295 g/mol. The SMILES string of the molecule is Cc1cc(Cl)ccc1N[C@@H](C)C(=O)Nc1nccs1. The summed E-state index contributed by atoms with van der Waals surface area (Å²) in [4.78, 5) is 16.0. The van der Waals surface area contributed by atoms with Crippen LogP contribution in [0.1, 0.15) is 12.5 Å². The molecule has 100 valence electrons. The molecule has 2 aromatic rings. The highest BCUT2D eigenvalue weighted by atomic mass is 35.5. The zero-order valence-corrected chi connectivity index (χ0v) is 12.2. The second-order valence-electron chi connectivity index (χ2n) is 4.15. The number of carbonyl (C=O) groups is 1. The van der Waals surface area contributed by atoms with E-state index in [9.17, 15) is 4.79 Å². The number of anilines is 2. The lowest BCUT2D eigenvalue weighted by atomic mass is 10.2. The molecule has 0 unspecified atom stereocenters. The van der Waals surface area contributed by atoms with Gasteiger partial charge in [-0.15, -0.1) is 11.3 Å². The minimum Gasteiger partial charge on any atom is -0.374 e. The number of aryl methyl sites for hydroxylation is 1. The molecule has 0 radical (unpaired) electrons. The normalized spacial score (nSPS) is 11.9. The Kier molecular flexibility index (Phi) is 4.39. The van der Waals surface area contributed by atoms with E-state index in [1.165, 1.54) is 11.3 Å². The number of carbonyl (C=O) groups excluding carboxylic acids is 1. The van der Waals surface area contributed by atoms with Crippen LogP contribution in [0.2, 0.25) is 5.02 Å². The Morgan fingerprint density at radius 3 is 2.89 bits per heavy atom. The summed E-state index contributed by atoms with van der Waals surface area (Å²) in [5.74, 6) is -0.121. The van der Waals surface area contributed by atoms with Crippen molar-refractivity contribution in [2.75, 3.05) is 10.6 Å². The highest BCUT2D eigenvalue weighted by molar-refractivity contribution is 7.13. The summed E-state index contributed by atoms with van der Waals surface area (Å²) in [5.41, 5.74) is 1.90. The molecule has 0 aliphatic rings. The predicted molar refractivity (Wildman–Crippen MR) is 80.0 cm³/mol. The number of hydrogen-bond acceptors (Lipinski definition) is 4. The van der Waals surface area contributed by atoms with E-state index in [4.69, 9.17) is 11.6 Å². The van der Waals surface area contributed by atoms with E-state index in [0.29, 0.717) is 10.2 Å². The van der Waals surface area contributed by atoms with Crippen molar-refractivity contribution < 1.29 is 4.79 Å². The number of halogens is 1. The summed E-state index contributed by atoms with van der Waals surface area (Å²) in [5, 5.41) is 9.01. The molecule has 0 saturated heterocycles. The molecular formula is C13H14ClN3OS. The van der Waals surface area contributed by atoms with Crippen LogP contribution in [0.3, 0.4) is 0 Å². The van der Waals surface area contributed by atoms with E-state index < -0.39 is 0 Å². The van der Waals surface area contributed by atoms with Crippen LogP contribution in [0, 0.1) is 6.92 Å². The maximum absolute atomic E-state index is 12.0. The second-order valence-corrected chi connectivity index (χ2v) is 5.48. The maximum Gasteiger partial charge on any atom is 0.248 e. The van der Waals surface area contributed by atoms with Gasteiger partial charge in [-0.2, -0.15) is 0 Å². The van der Waals surface area contributed by atoms with Gasteiger partial charge in [-0.25, -0.2) is 4.98 Å². The third-order valence-corrected chi connectivity index (χ3v) is 3.54. The highest BCUT2D eigenvalue weighted by Crippen LogP contribution is 2.20. The van der Waals surface area contributed by atoms with Crippen LogP contribution in [0.15, 0.2) is 29.8 Å². The maximum atomic E-state index is 12.0. The number of hydrogen-bond donors (Lipinski definition) is 2. The number of amides is 1. The fraction of sp³-hybridized carbons (Fsp3) is 0.231. The van der Waals surface area contributed by atoms with Gasteiger partial charge in [0.2, 0.25) is 5.91 Å². The minimum absolute atomic E-state index is 0.121. The van der Waals surface area contributed by atoms with Gasteiger partial charge in [-0.3, -0.25) is 4.79 Å². The first-order valence-corrected chi connectivity index (χ1v) is 7.05. The molecule has 1 atom stereocenters. The van der Waals surface area contributed by atoms with E-state index in [0.717, 1.165) is 11.3 Å².